The van der Waals surface area contributed by atoms with E-state index in [1.807, 2.05) is 31.2 Å². The minimum absolute atomic E-state index is 0.118. The van der Waals surface area contributed by atoms with Crippen LogP contribution in [0.5, 0.6) is 5.75 Å². The standard InChI is InChI=1S/C23H23BrN2O4S/c1-2-30-22-11-7-6-8-18(22)16-25-23(27)17-26(20-14-12-19(24)13-15-20)31(28,29)21-9-4-3-5-10-21/h3-15H,2,16-17H2,1H3,(H,25,27). The number of halogens is 1. The minimum atomic E-state index is -3.93. The summed E-state index contributed by atoms with van der Waals surface area (Å²) in [5, 5.41) is 2.80. The molecule has 3 aromatic carbocycles. The van der Waals surface area contributed by atoms with Crippen LogP contribution in [0.1, 0.15) is 12.5 Å². The first-order valence-electron chi connectivity index (χ1n) is 9.72. The highest BCUT2D eigenvalue weighted by Crippen LogP contribution is 2.25. The van der Waals surface area contributed by atoms with Gasteiger partial charge < -0.3 is 10.1 Å². The first-order chi connectivity index (χ1) is 14.9. The number of para-hydroxylation sites is 1. The molecule has 0 aromatic heterocycles. The number of hydrogen-bond donors (Lipinski definition) is 1. The Morgan fingerprint density at radius 1 is 0.968 bits per heavy atom. The van der Waals surface area contributed by atoms with Gasteiger partial charge in [-0.05, 0) is 49.4 Å². The molecule has 0 aliphatic rings. The highest BCUT2D eigenvalue weighted by Gasteiger charge is 2.27. The number of nitrogens with zero attached hydrogens (tertiary/aromatic N) is 1. The Bertz CT molecular complexity index is 1120. The van der Waals surface area contributed by atoms with Crippen molar-refractivity contribution in [2.45, 2.75) is 18.4 Å². The second kappa shape index (κ2) is 10.5. The normalized spacial score (nSPS) is 11.0. The van der Waals surface area contributed by atoms with E-state index in [4.69, 9.17) is 4.74 Å². The zero-order valence-electron chi connectivity index (χ0n) is 17.0. The topological polar surface area (TPSA) is 75.7 Å². The van der Waals surface area contributed by atoms with Gasteiger partial charge in [0.05, 0.1) is 17.2 Å². The molecule has 6 nitrogen and oxygen atoms in total. The summed E-state index contributed by atoms with van der Waals surface area (Å²) < 4.78 is 34.1. The molecule has 3 rings (SSSR count). The predicted molar refractivity (Wildman–Crippen MR) is 125 cm³/mol. The van der Waals surface area contributed by atoms with Crippen molar-refractivity contribution in [3.8, 4) is 5.75 Å². The van der Waals surface area contributed by atoms with Crippen molar-refractivity contribution < 1.29 is 17.9 Å². The van der Waals surface area contributed by atoms with E-state index in [1.165, 1.54) is 12.1 Å². The van der Waals surface area contributed by atoms with E-state index in [0.29, 0.717) is 18.0 Å². The highest BCUT2D eigenvalue weighted by molar-refractivity contribution is 9.10. The summed E-state index contributed by atoms with van der Waals surface area (Å²) in [5.74, 6) is 0.265. The SMILES string of the molecule is CCOc1ccccc1CNC(=O)CN(c1ccc(Br)cc1)S(=O)(=O)c1ccccc1. The second-order valence-electron chi connectivity index (χ2n) is 6.62. The lowest BCUT2D eigenvalue weighted by Gasteiger charge is -2.24. The lowest BCUT2D eigenvalue weighted by atomic mass is 10.2. The maximum atomic E-state index is 13.3. The molecular weight excluding hydrogens is 480 g/mol. The molecule has 0 atom stereocenters. The van der Waals surface area contributed by atoms with Gasteiger partial charge in [0.15, 0.2) is 0 Å². The molecule has 0 radical (unpaired) electrons. The Hall–Kier alpha value is -2.84. The smallest absolute Gasteiger partial charge is 0.264 e. The average molecular weight is 503 g/mol. The molecule has 162 valence electrons. The van der Waals surface area contributed by atoms with Gasteiger partial charge in [-0.25, -0.2) is 8.42 Å². The molecule has 0 saturated carbocycles. The van der Waals surface area contributed by atoms with Crippen LogP contribution in [0.3, 0.4) is 0 Å². The number of rotatable bonds is 9. The fourth-order valence-electron chi connectivity index (χ4n) is 2.97. The van der Waals surface area contributed by atoms with Gasteiger partial charge in [0.2, 0.25) is 5.91 Å². The quantitative estimate of drug-likeness (QED) is 0.471. The third kappa shape index (κ3) is 5.86. The molecule has 0 aliphatic carbocycles. The third-order valence-corrected chi connectivity index (χ3v) is 6.80. The Morgan fingerprint density at radius 3 is 2.29 bits per heavy atom. The first kappa shape index (κ1) is 22.8. The zero-order chi connectivity index (χ0) is 22.3. The third-order valence-electron chi connectivity index (χ3n) is 4.48. The minimum Gasteiger partial charge on any atom is -0.494 e. The average Bonchev–Trinajstić information content (AvgIpc) is 2.78. The summed E-state index contributed by atoms with van der Waals surface area (Å²) in [5.41, 5.74) is 1.22. The van der Waals surface area contributed by atoms with Crippen LogP contribution >= 0.6 is 15.9 Å². The molecular formula is C23H23BrN2O4S. The van der Waals surface area contributed by atoms with Crippen LogP contribution < -0.4 is 14.4 Å². The van der Waals surface area contributed by atoms with Crippen molar-refractivity contribution in [1.82, 2.24) is 5.32 Å². The molecule has 0 saturated heterocycles. The number of benzene rings is 3. The number of amides is 1. The fourth-order valence-corrected chi connectivity index (χ4v) is 4.67. The Balaban J connectivity index is 1.82. The molecule has 8 heteroatoms. The van der Waals surface area contributed by atoms with Crippen molar-refractivity contribution in [3.05, 3.63) is 88.9 Å². The van der Waals surface area contributed by atoms with Gasteiger partial charge in [0, 0.05) is 16.6 Å². The second-order valence-corrected chi connectivity index (χ2v) is 9.40. The maximum Gasteiger partial charge on any atom is 0.264 e. The van der Waals surface area contributed by atoms with Gasteiger partial charge in [0.1, 0.15) is 12.3 Å². The molecule has 0 fully saturated rings. The number of ether oxygens (including phenoxy) is 1. The van der Waals surface area contributed by atoms with Gasteiger partial charge in [-0.1, -0.05) is 52.3 Å². The van der Waals surface area contributed by atoms with Gasteiger partial charge in [0.25, 0.3) is 10.0 Å². The van der Waals surface area contributed by atoms with Crippen LogP contribution in [0.4, 0.5) is 5.69 Å². The summed E-state index contributed by atoms with van der Waals surface area (Å²) >= 11 is 3.35. The van der Waals surface area contributed by atoms with Crippen LogP contribution in [0.15, 0.2) is 88.2 Å². The number of hydrogen-bond acceptors (Lipinski definition) is 4. The van der Waals surface area contributed by atoms with Crippen molar-refractivity contribution in [2.75, 3.05) is 17.5 Å². The maximum absolute atomic E-state index is 13.3. The molecule has 1 amide bonds. The number of nitrogens with one attached hydrogen (secondary N) is 1. The monoisotopic (exact) mass is 502 g/mol. The number of anilines is 1. The van der Waals surface area contributed by atoms with Gasteiger partial charge in [-0.3, -0.25) is 9.10 Å². The highest BCUT2D eigenvalue weighted by atomic mass is 79.9. The van der Waals surface area contributed by atoms with Crippen LogP contribution in [-0.4, -0.2) is 27.5 Å². The Morgan fingerprint density at radius 2 is 1.61 bits per heavy atom. The van der Waals surface area contributed by atoms with Crippen LogP contribution in [0.25, 0.3) is 0 Å². The van der Waals surface area contributed by atoms with Gasteiger partial charge in [-0.15, -0.1) is 0 Å². The molecule has 31 heavy (non-hydrogen) atoms. The van der Waals surface area contributed by atoms with E-state index in [2.05, 4.69) is 21.2 Å². The summed E-state index contributed by atoms with van der Waals surface area (Å²) in [4.78, 5) is 12.9. The van der Waals surface area contributed by atoms with E-state index in [-0.39, 0.29) is 18.0 Å². The lowest BCUT2D eigenvalue weighted by Crippen LogP contribution is -2.40. The summed E-state index contributed by atoms with van der Waals surface area (Å²) in [7, 11) is -3.93. The predicted octanol–water partition coefficient (Wildman–Crippen LogP) is 4.36. The summed E-state index contributed by atoms with van der Waals surface area (Å²) in [6, 6.07) is 22.3. The van der Waals surface area contributed by atoms with Crippen molar-refractivity contribution in [1.29, 1.82) is 0 Å². The van der Waals surface area contributed by atoms with Crippen LogP contribution in [0.2, 0.25) is 0 Å². The molecule has 0 heterocycles. The molecule has 3 aromatic rings. The molecule has 0 aliphatic heterocycles. The number of sulfonamides is 1. The van der Waals surface area contributed by atoms with Crippen molar-refractivity contribution >= 4 is 37.5 Å². The van der Waals surface area contributed by atoms with Gasteiger partial charge >= 0.3 is 0 Å². The van der Waals surface area contributed by atoms with Crippen LogP contribution in [0, 0.1) is 0 Å². The number of carbonyl (C=O) groups is 1. The van der Waals surface area contributed by atoms with E-state index in [0.717, 1.165) is 14.3 Å². The molecule has 0 spiro atoms. The summed E-state index contributed by atoms with van der Waals surface area (Å²) in [6.45, 7) is 2.28. The van der Waals surface area contributed by atoms with Crippen LogP contribution in [-0.2, 0) is 21.4 Å². The van der Waals surface area contributed by atoms with E-state index in [1.54, 1.807) is 42.5 Å². The fraction of sp³-hybridized carbons (Fsp3) is 0.174. The van der Waals surface area contributed by atoms with E-state index in [9.17, 15) is 13.2 Å². The molecule has 0 unspecified atom stereocenters. The van der Waals surface area contributed by atoms with Crippen molar-refractivity contribution in [2.24, 2.45) is 0 Å². The van der Waals surface area contributed by atoms with Crippen molar-refractivity contribution in [3.63, 3.8) is 0 Å². The Labute approximate surface area is 191 Å². The summed E-state index contributed by atoms with van der Waals surface area (Å²) in [6.07, 6.45) is 0. The molecule has 0 bridgehead atoms. The van der Waals surface area contributed by atoms with E-state index < -0.39 is 15.9 Å². The zero-order valence-corrected chi connectivity index (χ0v) is 19.4. The number of carbonyl (C=O) groups excluding carboxylic acids is 1. The van der Waals surface area contributed by atoms with E-state index >= 15 is 0 Å². The first-order valence-corrected chi connectivity index (χ1v) is 12.0. The largest absolute Gasteiger partial charge is 0.494 e. The van der Waals surface area contributed by atoms with Gasteiger partial charge in [-0.2, -0.15) is 0 Å². The lowest BCUT2D eigenvalue weighted by molar-refractivity contribution is -0.119. The Kier molecular flexibility index (Phi) is 7.70. The molecule has 1 N–H and O–H groups in total.